The molecular formula is C34H50N4O7S2. The molecule has 2 aromatic heterocycles. The van der Waals surface area contributed by atoms with Gasteiger partial charge in [0.2, 0.25) is 15.9 Å². The number of rotatable bonds is 8. The number of ether oxygens (including phenoxy) is 2. The van der Waals surface area contributed by atoms with E-state index in [1.165, 1.54) is 79.5 Å². The number of methoxy groups -OCH3 is 2. The van der Waals surface area contributed by atoms with Crippen LogP contribution in [0.15, 0.2) is 22.3 Å². The van der Waals surface area contributed by atoms with Gasteiger partial charge >= 0.3 is 17.9 Å². The molecule has 2 N–H and O–H groups in total. The molecule has 0 aliphatic carbocycles. The fraction of sp³-hybridized carbons (Fsp3) is 0.588. The smallest absolute Gasteiger partial charge is 0.367 e. The summed E-state index contributed by atoms with van der Waals surface area (Å²) < 4.78 is 9.21. The molecule has 0 unspecified atom stereocenters. The van der Waals surface area contributed by atoms with Gasteiger partial charge < -0.3 is 24.8 Å². The molecule has 0 spiro atoms. The van der Waals surface area contributed by atoms with Crippen LogP contribution in [-0.2, 0) is 31.9 Å². The minimum atomic E-state index is -0.859. The highest BCUT2D eigenvalue weighted by molar-refractivity contribution is 7.14. The first-order valence-electron chi connectivity index (χ1n) is 15.9. The summed E-state index contributed by atoms with van der Waals surface area (Å²) in [6.07, 6.45) is 6.05. The summed E-state index contributed by atoms with van der Waals surface area (Å²) >= 11 is 2.51. The van der Waals surface area contributed by atoms with E-state index in [1.807, 2.05) is 11.8 Å². The van der Waals surface area contributed by atoms with Crippen molar-refractivity contribution in [1.29, 1.82) is 0 Å². The standard InChI is InChI=1S/C17H24N2O3S.C9H11NO4S.C8H15N/c1-11(2)13-7-9-19(10-8-13)15(20)6-5-14-12(3)18-16(23-14)17(21)22-4;1-5-6(3-4-7(11)12)15-8(10-5)9(13)14-2;1-7(2)8-3-5-9-6-4-8/h5-10H2,1-4H3;3-4H2,1-2H3,(H,11,12);9H,3-6H2,1-2H3. The maximum absolute atomic E-state index is 12.4. The zero-order valence-corrected chi connectivity index (χ0v) is 30.7. The van der Waals surface area contributed by atoms with Crippen LogP contribution in [0.5, 0.6) is 0 Å². The average Bonchev–Trinajstić information content (AvgIpc) is 3.64. The number of amides is 1. The number of hydrogen-bond acceptors (Lipinski definition) is 11. The molecule has 0 bridgehead atoms. The molecule has 0 aromatic carbocycles. The molecule has 4 heterocycles. The van der Waals surface area contributed by atoms with Crippen LogP contribution >= 0.6 is 22.7 Å². The van der Waals surface area contributed by atoms with Gasteiger partial charge in [-0.15, -0.1) is 22.7 Å². The number of hydrogen-bond donors (Lipinski definition) is 2. The third-order valence-electron chi connectivity index (χ3n) is 7.98. The second-order valence-electron chi connectivity index (χ2n) is 11.8. The second-order valence-corrected chi connectivity index (χ2v) is 13.9. The number of aromatic nitrogens is 2. The lowest BCUT2D eigenvalue weighted by molar-refractivity contribution is -0.137. The van der Waals surface area contributed by atoms with E-state index < -0.39 is 17.9 Å². The van der Waals surface area contributed by atoms with Crippen LogP contribution in [0.1, 0.15) is 107 Å². The van der Waals surface area contributed by atoms with Crippen molar-refractivity contribution in [2.75, 3.05) is 40.4 Å². The van der Waals surface area contributed by atoms with E-state index in [2.05, 4.69) is 52.5 Å². The van der Waals surface area contributed by atoms with Crippen molar-refractivity contribution >= 4 is 46.5 Å². The van der Waals surface area contributed by atoms with Crippen LogP contribution in [0.3, 0.4) is 0 Å². The molecule has 47 heavy (non-hydrogen) atoms. The highest BCUT2D eigenvalue weighted by Gasteiger charge is 2.21. The number of carbonyl (C=O) groups excluding carboxylic acids is 3. The van der Waals surface area contributed by atoms with Gasteiger partial charge in [-0.1, -0.05) is 22.3 Å². The molecular weight excluding hydrogens is 641 g/mol. The number of piperidine rings is 2. The Bertz CT molecular complexity index is 1430. The van der Waals surface area contributed by atoms with Gasteiger partial charge in [-0.3, -0.25) is 9.59 Å². The highest BCUT2D eigenvalue weighted by Crippen LogP contribution is 2.24. The summed E-state index contributed by atoms with van der Waals surface area (Å²) in [5.74, 6) is -1.57. The van der Waals surface area contributed by atoms with Gasteiger partial charge in [0, 0.05) is 29.3 Å². The fourth-order valence-corrected chi connectivity index (χ4v) is 6.98. The maximum atomic E-state index is 12.4. The van der Waals surface area contributed by atoms with Gasteiger partial charge in [0.1, 0.15) is 0 Å². The van der Waals surface area contributed by atoms with Crippen molar-refractivity contribution in [2.45, 2.75) is 92.9 Å². The summed E-state index contributed by atoms with van der Waals surface area (Å²) in [7, 11) is 2.63. The number of aryl methyl sites for hydroxylation is 4. The normalized spacial score (nSPS) is 14.3. The molecule has 2 saturated heterocycles. The largest absolute Gasteiger partial charge is 0.481 e. The topological polar surface area (TPSA) is 148 Å². The number of nitrogens with one attached hydrogen (secondary N) is 1. The molecule has 2 aliphatic rings. The monoisotopic (exact) mass is 690 g/mol. The number of aliphatic carboxylic acids is 1. The zero-order valence-electron chi connectivity index (χ0n) is 29.0. The molecule has 0 saturated carbocycles. The molecule has 0 radical (unpaired) electrons. The Morgan fingerprint density at radius 2 is 1.17 bits per heavy atom. The van der Waals surface area contributed by atoms with Crippen LogP contribution in [0.25, 0.3) is 0 Å². The number of likely N-dealkylation sites (tertiary alicyclic amines) is 1. The van der Waals surface area contributed by atoms with Gasteiger partial charge in [-0.25, -0.2) is 19.6 Å². The molecule has 11 nitrogen and oxygen atoms in total. The van der Waals surface area contributed by atoms with Crippen LogP contribution in [0.2, 0.25) is 0 Å². The Labute approximate surface area is 286 Å². The van der Waals surface area contributed by atoms with E-state index in [-0.39, 0.29) is 17.3 Å². The fourth-order valence-electron chi connectivity index (χ4n) is 5.02. The van der Waals surface area contributed by atoms with E-state index in [4.69, 9.17) is 5.11 Å². The molecule has 1 amide bonds. The Morgan fingerprint density at radius 3 is 1.55 bits per heavy atom. The Balaban J connectivity index is 0.000000273. The summed E-state index contributed by atoms with van der Waals surface area (Å²) in [5, 5.41) is 12.5. The number of carbonyl (C=O) groups is 4. The first kappa shape index (κ1) is 39.8. The summed E-state index contributed by atoms with van der Waals surface area (Å²) in [6, 6.07) is 0. The molecule has 260 valence electrons. The van der Waals surface area contributed by atoms with Crippen LogP contribution in [0, 0.1) is 13.8 Å². The van der Waals surface area contributed by atoms with Crippen molar-refractivity contribution in [3.8, 4) is 0 Å². The lowest BCUT2D eigenvalue weighted by Gasteiger charge is -2.29. The van der Waals surface area contributed by atoms with Crippen LogP contribution < -0.4 is 5.32 Å². The summed E-state index contributed by atoms with van der Waals surface area (Å²) in [6.45, 7) is 16.3. The maximum Gasteiger partial charge on any atom is 0.367 e. The third kappa shape index (κ3) is 13.3. The second kappa shape index (κ2) is 20.1. The minimum Gasteiger partial charge on any atom is -0.481 e. The van der Waals surface area contributed by atoms with Crippen LogP contribution in [0.4, 0.5) is 0 Å². The Kier molecular flexibility index (Phi) is 17.0. The number of carboxylic acid groups (broad SMARTS) is 1. The Hall–Kier alpha value is -3.42. The number of allylic oxidation sites excluding steroid dienone is 2. The SMILES string of the molecule is CC(C)=C1CCNCC1.COC(=O)c1nc(C)c(CCC(=O)N2CCC(=C(C)C)CC2)s1.COC(=O)c1nc(C)c(CCC(=O)O)s1. The van der Waals surface area contributed by atoms with Crippen molar-refractivity contribution in [2.24, 2.45) is 0 Å². The predicted octanol–water partition coefficient (Wildman–Crippen LogP) is 6.09. The van der Waals surface area contributed by atoms with E-state index in [0.717, 1.165) is 41.4 Å². The van der Waals surface area contributed by atoms with Gasteiger partial charge in [-0.05, 0) is 93.2 Å². The molecule has 13 heteroatoms. The number of esters is 2. The molecule has 0 atom stereocenters. The van der Waals surface area contributed by atoms with E-state index in [0.29, 0.717) is 30.0 Å². The molecule has 2 fully saturated rings. The predicted molar refractivity (Wildman–Crippen MR) is 185 cm³/mol. The van der Waals surface area contributed by atoms with Gasteiger partial charge in [0.05, 0.1) is 32.0 Å². The molecule has 4 rings (SSSR count). The van der Waals surface area contributed by atoms with Crippen molar-refractivity contribution < 1.29 is 33.8 Å². The minimum absolute atomic E-state index is 0.0453. The van der Waals surface area contributed by atoms with Crippen LogP contribution in [-0.4, -0.2) is 84.2 Å². The summed E-state index contributed by atoms with van der Waals surface area (Å²) in [5.41, 5.74) is 7.56. The lowest BCUT2D eigenvalue weighted by atomic mass is 9.99. The van der Waals surface area contributed by atoms with Gasteiger partial charge in [0.25, 0.3) is 0 Å². The quantitative estimate of drug-likeness (QED) is 0.246. The zero-order chi connectivity index (χ0) is 35.1. The van der Waals surface area contributed by atoms with Crippen molar-refractivity contribution in [3.05, 3.63) is 53.4 Å². The first-order chi connectivity index (χ1) is 22.3. The molecule has 2 aliphatic heterocycles. The Morgan fingerprint density at radius 1 is 0.745 bits per heavy atom. The highest BCUT2D eigenvalue weighted by atomic mass is 32.1. The van der Waals surface area contributed by atoms with Gasteiger partial charge in [0.15, 0.2) is 0 Å². The third-order valence-corrected chi connectivity index (χ3v) is 10.4. The first-order valence-corrected chi connectivity index (χ1v) is 17.5. The average molecular weight is 691 g/mol. The number of nitrogens with zero attached hydrogens (tertiary/aromatic N) is 3. The molecule has 2 aromatic rings. The van der Waals surface area contributed by atoms with E-state index in [9.17, 15) is 19.2 Å². The van der Waals surface area contributed by atoms with E-state index in [1.54, 1.807) is 12.5 Å². The lowest BCUT2D eigenvalue weighted by Crippen LogP contribution is -2.36. The van der Waals surface area contributed by atoms with Crippen molar-refractivity contribution in [1.82, 2.24) is 20.2 Å². The number of carboxylic acids is 1. The summed E-state index contributed by atoms with van der Waals surface area (Å²) in [4.78, 5) is 57.3. The van der Waals surface area contributed by atoms with Gasteiger partial charge in [-0.2, -0.15) is 0 Å². The van der Waals surface area contributed by atoms with Crippen molar-refractivity contribution in [3.63, 3.8) is 0 Å². The van der Waals surface area contributed by atoms with E-state index >= 15 is 0 Å². The number of thiazole rings is 2.